The van der Waals surface area contributed by atoms with E-state index in [0.717, 1.165) is 45.2 Å². The summed E-state index contributed by atoms with van der Waals surface area (Å²) in [7, 11) is 1.47. The molecule has 3 aliphatic rings. The molecule has 1 aliphatic carbocycles. The topological polar surface area (TPSA) is 59.9 Å². The van der Waals surface area contributed by atoms with Gasteiger partial charge in [-0.25, -0.2) is 0 Å². The molecule has 100 valence electrons. The highest BCUT2D eigenvalue weighted by molar-refractivity contribution is 5.89. The quantitative estimate of drug-likeness (QED) is 0.747. The van der Waals surface area contributed by atoms with Gasteiger partial charge in [0.05, 0.1) is 18.7 Å². The van der Waals surface area contributed by atoms with E-state index in [1.165, 1.54) is 12.8 Å². The highest BCUT2D eigenvalue weighted by Crippen LogP contribution is 2.37. The van der Waals surface area contributed by atoms with Crippen LogP contribution in [0.4, 0.5) is 0 Å². The van der Waals surface area contributed by atoms with Gasteiger partial charge in [0.1, 0.15) is 0 Å². The standard InChI is InChI=1S/C13H20N2O3/c1-17-12(16)10-4-2-9(3-5-10)11-6-13(18-15-11)7-14-8-13/h9-10,14H,2-8H2,1H3. The summed E-state index contributed by atoms with van der Waals surface area (Å²) in [4.78, 5) is 17.0. The monoisotopic (exact) mass is 252 g/mol. The SMILES string of the molecule is COC(=O)C1CCC(C2=NOC3(CNC3)C2)CC1. The molecule has 1 N–H and O–H groups in total. The van der Waals surface area contributed by atoms with Crippen LogP contribution < -0.4 is 5.32 Å². The van der Waals surface area contributed by atoms with E-state index in [-0.39, 0.29) is 17.5 Å². The summed E-state index contributed by atoms with van der Waals surface area (Å²) in [5, 5.41) is 7.52. The van der Waals surface area contributed by atoms with Crippen molar-refractivity contribution in [1.29, 1.82) is 0 Å². The first-order valence-electron chi connectivity index (χ1n) is 6.76. The fourth-order valence-electron chi connectivity index (χ4n) is 3.19. The molecule has 0 amide bonds. The van der Waals surface area contributed by atoms with Crippen LogP contribution >= 0.6 is 0 Å². The molecule has 0 aromatic heterocycles. The predicted octanol–water partition coefficient (Wildman–Crippen LogP) is 1.08. The van der Waals surface area contributed by atoms with Crippen molar-refractivity contribution >= 4 is 11.7 Å². The molecule has 0 bridgehead atoms. The Morgan fingerprint density at radius 3 is 2.61 bits per heavy atom. The Kier molecular flexibility index (Phi) is 3.01. The molecule has 0 radical (unpaired) electrons. The Balaban J connectivity index is 1.53. The van der Waals surface area contributed by atoms with Crippen molar-refractivity contribution in [2.45, 2.75) is 37.7 Å². The third kappa shape index (κ3) is 2.00. The number of rotatable bonds is 2. The van der Waals surface area contributed by atoms with Crippen LogP contribution in [0.3, 0.4) is 0 Å². The zero-order chi connectivity index (χ0) is 12.6. The van der Waals surface area contributed by atoms with E-state index < -0.39 is 0 Å². The van der Waals surface area contributed by atoms with Crippen LogP contribution in [0.1, 0.15) is 32.1 Å². The molecule has 3 rings (SSSR count). The molecule has 2 aliphatic heterocycles. The van der Waals surface area contributed by atoms with Crippen LogP contribution in [0.2, 0.25) is 0 Å². The van der Waals surface area contributed by atoms with E-state index in [1.54, 1.807) is 0 Å². The smallest absolute Gasteiger partial charge is 0.308 e. The first-order valence-corrected chi connectivity index (χ1v) is 6.76. The van der Waals surface area contributed by atoms with Crippen molar-refractivity contribution in [3.63, 3.8) is 0 Å². The van der Waals surface area contributed by atoms with Gasteiger partial charge in [-0.05, 0) is 25.7 Å². The highest BCUT2D eigenvalue weighted by atomic mass is 16.7. The number of carbonyl (C=O) groups is 1. The molecular weight excluding hydrogens is 232 g/mol. The number of nitrogens with one attached hydrogen (secondary N) is 1. The van der Waals surface area contributed by atoms with Crippen molar-refractivity contribution in [1.82, 2.24) is 5.32 Å². The lowest BCUT2D eigenvalue weighted by atomic mass is 9.77. The van der Waals surface area contributed by atoms with Gasteiger partial charge >= 0.3 is 5.97 Å². The van der Waals surface area contributed by atoms with Gasteiger partial charge in [0.15, 0.2) is 5.60 Å². The molecule has 1 saturated carbocycles. The lowest BCUT2D eigenvalue weighted by molar-refractivity contribution is -0.146. The van der Waals surface area contributed by atoms with Crippen molar-refractivity contribution in [2.24, 2.45) is 17.0 Å². The van der Waals surface area contributed by atoms with E-state index in [2.05, 4.69) is 10.5 Å². The molecule has 0 aromatic carbocycles. The second-order valence-corrected chi connectivity index (χ2v) is 5.71. The Morgan fingerprint density at radius 2 is 2.11 bits per heavy atom. The average Bonchev–Trinajstić information content (AvgIpc) is 2.83. The lowest BCUT2D eigenvalue weighted by Crippen LogP contribution is -2.59. The fraction of sp³-hybridized carbons (Fsp3) is 0.846. The van der Waals surface area contributed by atoms with Gasteiger partial charge in [-0.1, -0.05) is 5.16 Å². The van der Waals surface area contributed by atoms with Crippen LogP contribution in [0.15, 0.2) is 5.16 Å². The summed E-state index contributed by atoms with van der Waals surface area (Å²) in [6.45, 7) is 1.83. The molecule has 0 unspecified atom stereocenters. The maximum Gasteiger partial charge on any atom is 0.308 e. The van der Waals surface area contributed by atoms with Crippen molar-refractivity contribution in [3.05, 3.63) is 0 Å². The number of methoxy groups -OCH3 is 1. The molecular formula is C13H20N2O3. The maximum absolute atomic E-state index is 11.5. The maximum atomic E-state index is 11.5. The molecule has 1 saturated heterocycles. The first-order chi connectivity index (χ1) is 8.72. The summed E-state index contributed by atoms with van der Waals surface area (Å²) in [6, 6.07) is 0. The summed E-state index contributed by atoms with van der Waals surface area (Å²) in [5.41, 5.74) is 1.17. The molecule has 0 aromatic rings. The summed E-state index contributed by atoms with van der Waals surface area (Å²) in [5.74, 6) is 0.539. The molecule has 5 heteroatoms. The minimum absolute atomic E-state index is 0.0332. The number of nitrogens with zero attached hydrogens (tertiary/aromatic N) is 1. The second-order valence-electron chi connectivity index (χ2n) is 5.71. The zero-order valence-corrected chi connectivity index (χ0v) is 10.8. The van der Waals surface area contributed by atoms with Crippen LogP contribution in [0.25, 0.3) is 0 Å². The first kappa shape index (κ1) is 12.0. The summed E-state index contributed by atoms with van der Waals surface area (Å²) in [6.07, 6.45) is 4.87. The van der Waals surface area contributed by atoms with Gasteiger partial charge < -0.3 is 14.9 Å². The second kappa shape index (κ2) is 4.53. The highest BCUT2D eigenvalue weighted by Gasteiger charge is 2.46. The third-order valence-corrected chi connectivity index (χ3v) is 4.49. The van der Waals surface area contributed by atoms with Crippen molar-refractivity contribution in [3.8, 4) is 0 Å². The largest absolute Gasteiger partial charge is 0.469 e. The van der Waals surface area contributed by atoms with E-state index in [4.69, 9.17) is 9.57 Å². The van der Waals surface area contributed by atoms with E-state index in [1.807, 2.05) is 0 Å². The summed E-state index contributed by atoms with van der Waals surface area (Å²) >= 11 is 0. The van der Waals surface area contributed by atoms with Gasteiger partial charge in [0.25, 0.3) is 0 Å². The van der Waals surface area contributed by atoms with Crippen molar-refractivity contribution < 1.29 is 14.4 Å². The predicted molar refractivity (Wildman–Crippen MR) is 66.2 cm³/mol. The Hall–Kier alpha value is -1.10. The molecule has 2 heterocycles. The van der Waals surface area contributed by atoms with E-state index in [0.29, 0.717) is 5.92 Å². The number of hydrogen-bond acceptors (Lipinski definition) is 5. The van der Waals surface area contributed by atoms with Gasteiger partial charge in [-0.3, -0.25) is 4.79 Å². The van der Waals surface area contributed by atoms with Gasteiger partial charge in [-0.2, -0.15) is 0 Å². The van der Waals surface area contributed by atoms with Gasteiger partial charge in [-0.15, -0.1) is 0 Å². The van der Waals surface area contributed by atoms with Gasteiger partial charge in [0, 0.05) is 25.4 Å². The van der Waals surface area contributed by atoms with Crippen molar-refractivity contribution in [2.75, 3.05) is 20.2 Å². The minimum Gasteiger partial charge on any atom is -0.469 e. The minimum atomic E-state index is -0.0577. The van der Waals surface area contributed by atoms with E-state index >= 15 is 0 Å². The van der Waals surface area contributed by atoms with E-state index in [9.17, 15) is 4.79 Å². The Bertz CT molecular complexity index is 368. The number of hydrogen-bond donors (Lipinski definition) is 1. The zero-order valence-electron chi connectivity index (χ0n) is 10.8. The number of carbonyl (C=O) groups excluding carboxylic acids is 1. The molecule has 0 atom stereocenters. The number of ether oxygens (including phenoxy) is 1. The lowest BCUT2D eigenvalue weighted by Gasteiger charge is -2.36. The van der Waals surface area contributed by atoms with Crippen LogP contribution in [0.5, 0.6) is 0 Å². The van der Waals surface area contributed by atoms with Crippen LogP contribution in [-0.2, 0) is 14.4 Å². The molecule has 1 spiro atoms. The molecule has 5 nitrogen and oxygen atoms in total. The normalized spacial score (nSPS) is 33.5. The van der Waals surface area contributed by atoms with Crippen LogP contribution in [-0.4, -0.2) is 37.5 Å². The average molecular weight is 252 g/mol. The molecule has 18 heavy (non-hydrogen) atoms. The number of esters is 1. The molecule has 2 fully saturated rings. The van der Waals surface area contributed by atoms with Crippen LogP contribution in [0, 0.1) is 11.8 Å². The fourth-order valence-corrected chi connectivity index (χ4v) is 3.19. The Labute approximate surface area is 107 Å². The Morgan fingerprint density at radius 1 is 1.39 bits per heavy atom. The summed E-state index contributed by atoms with van der Waals surface area (Å²) < 4.78 is 4.81. The third-order valence-electron chi connectivity index (χ3n) is 4.49. The van der Waals surface area contributed by atoms with Gasteiger partial charge in [0.2, 0.25) is 0 Å². The number of oxime groups is 1.